The Morgan fingerprint density at radius 1 is 1.15 bits per heavy atom. The molecule has 0 radical (unpaired) electrons. The molecule has 0 aromatic heterocycles. The van der Waals surface area contributed by atoms with Gasteiger partial charge in [-0.3, -0.25) is 9.59 Å². The molecular weight excluding hydrogens is 346 g/mol. The molecule has 0 fully saturated rings. The number of hydrogen-bond donors (Lipinski definition) is 1. The Morgan fingerprint density at radius 3 is 2.44 bits per heavy atom. The van der Waals surface area contributed by atoms with Crippen LogP contribution in [-0.4, -0.2) is 32.6 Å². The zero-order valence-electron chi connectivity index (χ0n) is 15.3. The molecule has 2 aromatic carbocycles. The van der Waals surface area contributed by atoms with Gasteiger partial charge in [0.2, 0.25) is 11.8 Å². The lowest BCUT2D eigenvalue weighted by atomic mass is 10.2. The Hall–Kier alpha value is -3.53. The number of nitrogens with zero attached hydrogens (tertiary/aromatic N) is 2. The molecule has 0 saturated carbocycles. The number of anilines is 1. The highest BCUT2D eigenvalue weighted by Gasteiger charge is 2.12. The lowest BCUT2D eigenvalue weighted by Crippen LogP contribution is -2.26. The van der Waals surface area contributed by atoms with E-state index in [2.05, 4.69) is 0 Å². The predicted molar refractivity (Wildman–Crippen MR) is 101 cm³/mol. The van der Waals surface area contributed by atoms with Crippen molar-refractivity contribution in [2.75, 3.05) is 25.7 Å². The third kappa shape index (κ3) is 5.22. The van der Waals surface area contributed by atoms with E-state index in [9.17, 15) is 9.59 Å². The molecule has 0 saturated heterocycles. The molecule has 0 bridgehead atoms. The van der Waals surface area contributed by atoms with Crippen LogP contribution in [0.3, 0.4) is 0 Å². The summed E-state index contributed by atoms with van der Waals surface area (Å²) in [5.74, 6) is 0.425. The molecule has 2 N–H and O–H groups in total. The minimum atomic E-state index is -0.508. The van der Waals surface area contributed by atoms with Gasteiger partial charge in [-0.05, 0) is 42.8 Å². The second-order valence-corrected chi connectivity index (χ2v) is 5.79. The molecule has 0 aliphatic heterocycles. The molecule has 0 atom stereocenters. The number of nitrogens with two attached hydrogens (primary N) is 1. The summed E-state index contributed by atoms with van der Waals surface area (Å²) in [6.45, 7) is 0.336. The zero-order chi connectivity index (χ0) is 19.8. The minimum Gasteiger partial charge on any atom is -0.493 e. The Morgan fingerprint density at radius 2 is 1.85 bits per heavy atom. The summed E-state index contributed by atoms with van der Waals surface area (Å²) >= 11 is 0. The number of methoxy groups -OCH3 is 1. The largest absolute Gasteiger partial charge is 0.493 e. The van der Waals surface area contributed by atoms with Crippen LogP contribution in [0.15, 0.2) is 42.5 Å². The standard InChI is InChI=1S/C20H21N3O4/c1-23(16-8-6-15(7-9-16)20(22)25)19(24)4-3-11-27-17-10-5-14(13-21)12-18(17)26-2/h5-10,12H,3-4,11H2,1-2H3,(H2,22,25). The number of primary amides is 1. The fraction of sp³-hybridized carbons (Fsp3) is 0.250. The van der Waals surface area contributed by atoms with E-state index < -0.39 is 5.91 Å². The number of carbonyl (C=O) groups is 2. The minimum absolute atomic E-state index is 0.0720. The van der Waals surface area contributed by atoms with Crippen molar-refractivity contribution in [1.29, 1.82) is 5.26 Å². The number of amides is 2. The number of carbonyl (C=O) groups excluding carboxylic acids is 2. The first-order valence-corrected chi connectivity index (χ1v) is 8.33. The third-order valence-corrected chi connectivity index (χ3v) is 4.00. The molecular formula is C20H21N3O4. The number of ether oxygens (including phenoxy) is 2. The maximum absolute atomic E-state index is 12.3. The molecule has 0 aliphatic carbocycles. The van der Waals surface area contributed by atoms with Crippen LogP contribution in [0.25, 0.3) is 0 Å². The lowest BCUT2D eigenvalue weighted by molar-refractivity contribution is -0.118. The highest BCUT2D eigenvalue weighted by atomic mass is 16.5. The quantitative estimate of drug-likeness (QED) is 0.722. The van der Waals surface area contributed by atoms with Gasteiger partial charge in [-0.1, -0.05) is 0 Å². The van der Waals surface area contributed by atoms with Crippen LogP contribution in [0.4, 0.5) is 5.69 Å². The van der Waals surface area contributed by atoms with Gasteiger partial charge in [0, 0.05) is 30.8 Å². The molecule has 7 heteroatoms. The van der Waals surface area contributed by atoms with Crippen LogP contribution in [0.1, 0.15) is 28.8 Å². The first-order chi connectivity index (χ1) is 13.0. The molecule has 2 rings (SSSR count). The van der Waals surface area contributed by atoms with E-state index in [-0.39, 0.29) is 5.91 Å². The van der Waals surface area contributed by atoms with Crippen molar-refractivity contribution in [3.8, 4) is 17.6 Å². The van der Waals surface area contributed by atoms with Crippen LogP contribution in [-0.2, 0) is 4.79 Å². The van der Waals surface area contributed by atoms with Crippen molar-refractivity contribution in [2.24, 2.45) is 5.73 Å². The van der Waals surface area contributed by atoms with Gasteiger partial charge in [-0.2, -0.15) is 5.26 Å². The van der Waals surface area contributed by atoms with Gasteiger partial charge in [-0.15, -0.1) is 0 Å². The molecule has 2 aromatic rings. The van der Waals surface area contributed by atoms with Crippen molar-refractivity contribution in [1.82, 2.24) is 0 Å². The summed E-state index contributed by atoms with van der Waals surface area (Å²) in [7, 11) is 3.18. The zero-order valence-corrected chi connectivity index (χ0v) is 15.3. The normalized spacial score (nSPS) is 9.96. The Balaban J connectivity index is 1.85. The molecule has 0 heterocycles. The van der Waals surface area contributed by atoms with E-state index in [0.717, 1.165) is 0 Å². The Labute approximate surface area is 157 Å². The van der Waals surface area contributed by atoms with Crippen LogP contribution >= 0.6 is 0 Å². The maximum Gasteiger partial charge on any atom is 0.248 e. The SMILES string of the molecule is COc1cc(C#N)ccc1OCCCC(=O)N(C)c1ccc(C(N)=O)cc1. The molecule has 140 valence electrons. The van der Waals surface area contributed by atoms with Crippen LogP contribution < -0.4 is 20.1 Å². The summed E-state index contributed by atoms with van der Waals surface area (Å²) in [6, 6.07) is 13.5. The van der Waals surface area contributed by atoms with Gasteiger partial charge in [0.05, 0.1) is 25.3 Å². The Bertz CT molecular complexity index is 857. The van der Waals surface area contributed by atoms with Crippen molar-refractivity contribution in [3.63, 3.8) is 0 Å². The summed E-state index contributed by atoms with van der Waals surface area (Å²) < 4.78 is 10.9. The van der Waals surface area contributed by atoms with Crippen LogP contribution in [0, 0.1) is 11.3 Å². The van der Waals surface area contributed by atoms with E-state index in [1.165, 1.54) is 12.0 Å². The topological polar surface area (TPSA) is 106 Å². The highest BCUT2D eigenvalue weighted by Crippen LogP contribution is 2.28. The van der Waals surface area contributed by atoms with Gasteiger partial charge in [-0.25, -0.2) is 0 Å². The summed E-state index contributed by atoms with van der Waals surface area (Å²) in [5.41, 5.74) is 6.77. The summed E-state index contributed by atoms with van der Waals surface area (Å²) in [4.78, 5) is 24.9. The first-order valence-electron chi connectivity index (χ1n) is 8.33. The van der Waals surface area contributed by atoms with E-state index in [0.29, 0.717) is 47.8 Å². The third-order valence-electron chi connectivity index (χ3n) is 4.00. The molecule has 7 nitrogen and oxygen atoms in total. The fourth-order valence-corrected chi connectivity index (χ4v) is 2.42. The first kappa shape index (κ1) is 19.8. The molecule has 27 heavy (non-hydrogen) atoms. The van der Waals surface area contributed by atoms with Crippen LogP contribution in [0.5, 0.6) is 11.5 Å². The number of rotatable bonds is 8. The second kappa shape index (κ2) is 9.25. The van der Waals surface area contributed by atoms with E-state index in [1.54, 1.807) is 49.5 Å². The number of hydrogen-bond acceptors (Lipinski definition) is 5. The average molecular weight is 367 g/mol. The average Bonchev–Trinajstić information content (AvgIpc) is 2.70. The van der Waals surface area contributed by atoms with Gasteiger partial charge < -0.3 is 20.1 Å². The van der Waals surface area contributed by atoms with Crippen LogP contribution in [0.2, 0.25) is 0 Å². The predicted octanol–water partition coefficient (Wildman–Crippen LogP) is 2.49. The molecule has 2 amide bonds. The van der Waals surface area contributed by atoms with Gasteiger partial charge in [0.15, 0.2) is 11.5 Å². The molecule has 0 unspecified atom stereocenters. The van der Waals surface area contributed by atoms with Crippen molar-refractivity contribution in [3.05, 3.63) is 53.6 Å². The van der Waals surface area contributed by atoms with Crippen molar-refractivity contribution in [2.45, 2.75) is 12.8 Å². The fourth-order valence-electron chi connectivity index (χ4n) is 2.42. The summed E-state index contributed by atoms with van der Waals surface area (Å²) in [6.07, 6.45) is 0.818. The Kier molecular flexibility index (Phi) is 6.78. The monoisotopic (exact) mass is 367 g/mol. The summed E-state index contributed by atoms with van der Waals surface area (Å²) in [5, 5.41) is 8.90. The van der Waals surface area contributed by atoms with Gasteiger partial charge >= 0.3 is 0 Å². The lowest BCUT2D eigenvalue weighted by Gasteiger charge is -2.18. The second-order valence-electron chi connectivity index (χ2n) is 5.79. The highest BCUT2D eigenvalue weighted by molar-refractivity contribution is 5.95. The smallest absolute Gasteiger partial charge is 0.248 e. The molecule has 0 spiro atoms. The van der Waals surface area contributed by atoms with Crippen molar-refractivity contribution >= 4 is 17.5 Å². The maximum atomic E-state index is 12.3. The van der Waals surface area contributed by atoms with Gasteiger partial charge in [0.1, 0.15) is 0 Å². The van der Waals surface area contributed by atoms with Crippen molar-refractivity contribution < 1.29 is 19.1 Å². The van der Waals surface area contributed by atoms with E-state index >= 15 is 0 Å². The van der Waals surface area contributed by atoms with Gasteiger partial charge in [0.25, 0.3) is 0 Å². The van der Waals surface area contributed by atoms with E-state index in [4.69, 9.17) is 20.5 Å². The number of nitriles is 1. The number of benzene rings is 2. The molecule has 0 aliphatic rings. The van der Waals surface area contributed by atoms with E-state index in [1.807, 2.05) is 6.07 Å².